The van der Waals surface area contributed by atoms with Crippen LogP contribution in [0.15, 0.2) is 296 Å². The number of fused-ring (bicyclic) bond motifs is 3. The van der Waals surface area contributed by atoms with E-state index >= 15 is 0 Å². The molecule has 1 heterocycles. The summed E-state index contributed by atoms with van der Waals surface area (Å²) >= 11 is 0. The molecule has 0 spiro atoms. The van der Waals surface area contributed by atoms with Crippen LogP contribution in [0.2, 0.25) is 0 Å². The van der Waals surface area contributed by atoms with Crippen molar-refractivity contribution in [1.29, 1.82) is 0 Å². The predicted octanol–water partition coefficient (Wildman–Crippen LogP) is 19.1. The molecule has 0 bridgehead atoms. The molecule has 0 aliphatic heterocycles. The fourth-order valence-electron chi connectivity index (χ4n) is 9.68. The van der Waals surface area contributed by atoms with E-state index in [1.807, 2.05) is 0 Å². The number of hydrogen-bond acceptors (Lipinski definition) is 5. The van der Waals surface area contributed by atoms with Crippen LogP contribution < -0.4 is 19.6 Å². The summed E-state index contributed by atoms with van der Waals surface area (Å²) in [6.07, 6.45) is 0. The quantitative estimate of drug-likeness (QED) is 0.115. The molecule has 0 atom stereocenters. The molecule has 71 heavy (non-hydrogen) atoms. The molecule has 0 amide bonds. The van der Waals surface area contributed by atoms with Gasteiger partial charge in [0.15, 0.2) is 0 Å². The molecule has 0 radical (unpaired) electrons. The molecule has 338 valence electrons. The maximum atomic E-state index is 6.61. The number of anilines is 12. The lowest BCUT2D eigenvalue weighted by molar-refractivity contribution is 0.669. The van der Waals surface area contributed by atoms with Gasteiger partial charge in [-0.25, -0.2) is 0 Å². The molecule has 12 rings (SSSR count). The second kappa shape index (κ2) is 19.2. The minimum Gasteiger partial charge on any atom is -0.456 e. The van der Waals surface area contributed by atoms with Crippen molar-refractivity contribution in [2.75, 3.05) is 19.6 Å². The third-order valence-electron chi connectivity index (χ3n) is 12.9. The molecule has 0 unspecified atom stereocenters. The Balaban J connectivity index is 0.940. The zero-order valence-corrected chi connectivity index (χ0v) is 38.9. The maximum absolute atomic E-state index is 6.61. The minimum atomic E-state index is 0.829. The van der Waals surface area contributed by atoms with E-state index in [0.717, 1.165) is 90.2 Å². The van der Waals surface area contributed by atoms with Crippen LogP contribution in [0.1, 0.15) is 0 Å². The van der Waals surface area contributed by atoms with Gasteiger partial charge in [-0.3, -0.25) is 0 Å². The molecule has 5 heteroatoms. The normalized spacial score (nSPS) is 11.1. The Morgan fingerprint density at radius 2 is 0.437 bits per heavy atom. The molecule has 12 aromatic rings. The topological polar surface area (TPSA) is 26.1 Å². The van der Waals surface area contributed by atoms with Gasteiger partial charge in [-0.15, -0.1) is 0 Å². The summed E-state index contributed by atoms with van der Waals surface area (Å²) in [6.45, 7) is 0. The summed E-state index contributed by atoms with van der Waals surface area (Å²) < 4.78 is 6.61. The summed E-state index contributed by atoms with van der Waals surface area (Å²) in [5.41, 5.74) is 16.7. The number of para-hydroxylation sites is 5. The number of furan rings is 1. The molecule has 0 aliphatic rings. The number of nitrogens with zero attached hydrogens (tertiary/aromatic N) is 4. The molecule has 5 nitrogen and oxygen atoms in total. The van der Waals surface area contributed by atoms with E-state index in [9.17, 15) is 0 Å². The van der Waals surface area contributed by atoms with E-state index in [-0.39, 0.29) is 0 Å². The number of hydrogen-bond donors (Lipinski definition) is 0. The largest absolute Gasteiger partial charge is 0.456 e. The van der Waals surface area contributed by atoms with Crippen molar-refractivity contribution in [3.05, 3.63) is 291 Å². The Morgan fingerprint density at radius 3 is 0.817 bits per heavy atom. The summed E-state index contributed by atoms with van der Waals surface area (Å²) in [5, 5.41) is 2.07. The van der Waals surface area contributed by atoms with Gasteiger partial charge in [0.1, 0.15) is 11.2 Å². The van der Waals surface area contributed by atoms with Gasteiger partial charge in [-0.1, -0.05) is 140 Å². The van der Waals surface area contributed by atoms with E-state index in [1.54, 1.807) is 0 Å². The standard InChI is InChI=1S/C66H48N4O/c1-7-21-49(22-8-1)50-23-19-34-58(45-50)68(53-28-13-4-14-29-53)56-37-39-57(40-38-56)69(54-30-15-5-16-31-54)61-41-43-65-63(47-61)64-48-62(42-44-66(64)71-65)70(55-32-17-6-18-33-55)60-36-20-35-59(46-60)67(51-24-9-2-10-25-51)52-26-11-3-12-27-52/h1-48H. The van der Waals surface area contributed by atoms with Crippen LogP contribution in [0.25, 0.3) is 33.1 Å². The molecule has 11 aromatic carbocycles. The number of benzene rings is 11. The van der Waals surface area contributed by atoms with Crippen LogP contribution in [-0.4, -0.2) is 0 Å². The lowest BCUT2D eigenvalue weighted by atomic mass is 10.0. The summed E-state index contributed by atoms with van der Waals surface area (Å²) in [4.78, 5) is 9.27. The van der Waals surface area contributed by atoms with Crippen LogP contribution in [-0.2, 0) is 0 Å². The number of rotatable bonds is 13. The fraction of sp³-hybridized carbons (Fsp3) is 0. The molecule has 0 fully saturated rings. The minimum absolute atomic E-state index is 0.829. The van der Waals surface area contributed by atoms with E-state index in [0.29, 0.717) is 0 Å². The lowest BCUT2D eigenvalue weighted by Crippen LogP contribution is -2.13. The van der Waals surface area contributed by atoms with Crippen molar-refractivity contribution < 1.29 is 4.42 Å². The van der Waals surface area contributed by atoms with Crippen LogP contribution in [0.4, 0.5) is 68.2 Å². The van der Waals surface area contributed by atoms with E-state index < -0.39 is 0 Å². The maximum Gasteiger partial charge on any atom is 0.135 e. The van der Waals surface area contributed by atoms with E-state index in [2.05, 4.69) is 311 Å². The van der Waals surface area contributed by atoms with Gasteiger partial charge < -0.3 is 24.0 Å². The van der Waals surface area contributed by atoms with Crippen molar-refractivity contribution >= 4 is 90.2 Å². The van der Waals surface area contributed by atoms with Crippen molar-refractivity contribution in [1.82, 2.24) is 0 Å². The van der Waals surface area contributed by atoms with Gasteiger partial charge in [0.05, 0.1) is 0 Å². The molecule has 0 saturated carbocycles. The highest BCUT2D eigenvalue weighted by Gasteiger charge is 2.21. The van der Waals surface area contributed by atoms with Crippen molar-refractivity contribution in [3.8, 4) is 11.1 Å². The summed E-state index contributed by atoms with van der Waals surface area (Å²) in [6, 6.07) is 103. The zero-order chi connectivity index (χ0) is 47.3. The average molecular weight is 913 g/mol. The third kappa shape index (κ3) is 8.65. The summed E-state index contributed by atoms with van der Waals surface area (Å²) in [5.74, 6) is 0. The van der Waals surface area contributed by atoms with Gasteiger partial charge in [0.2, 0.25) is 0 Å². The Kier molecular flexibility index (Phi) is 11.6. The molecule has 0 aliphatic carbocycles. The molecular weight excluding hydrogens is 865 g/mol. The lowest BCUT2D eigenvalue weighted by Gasteiger charge is -2.29. The molecule has 1 aromatic heterocycles. The third-order valence-corrected chi connectivity index (χ3v) is 12.9. The highest BCUT2D eigenvalue weighted by atomic mass is 16.3. The van der Waals surface area contributed by atoms with Crippen LogP contribution in [0, 0.1) is 0 Å². The first-order valence-electron chi connectivity index (χ1n) is 24.0. The fourth-order valence-corrected chi connectivity index (χ4v) is 9.68. The Bertz CT molecular complexity index is 3660. The van der Waals surface area contributed by atoms with E-state index in [1.165, 1.54) is 11.1 Å². The predicted molar refractivity (Wildman–Crippen MR) is 298 cm³/mol. The average Bonchev–Trinajstić information content (AvgIpc) is 3.81. The first kappa shape index (κ1) is 42.8. The molecule has 0 N–H and O–H groups in total. The van der Waals surface area contributed by atoms with Gasteiger partial charge in [0.25, 0.3) is 0 Å². The van der Waals surface area contributed by atoms with Crippen molar-refractivity contribution in [2.45, 2.75) is 0 Å². The Hall–Kier alpha value is -9.58. The summed E-state index contributed by atoms with van der Waals surface area (Å²) in [7, 11) is 0. The van der Waals surface area contributed by atoms with Gasteiger partial charge in [-0.05, 0) is 163 Å². The van der Waals surface area contributed by atoms with E-state index in [4.69, 9.17) is 4.42 Å². The van der Waals surface area contributed by atoms with Gasteiger partial charge in [-0.2, -0.15) is 0 Å². The first-order valence-corrected chi connectivity index (χ1v) is 24.0. The van der Waals surface area contributed by atoms with Crippen molar-refractivity contribution in [3.63, 3.8) is 0 Å². The van der Waals surface area contributed by atoms with Crippen LogP contribution in [0.5, 0.6) is 0 Å². The SMILES string of the molecule is c1ccc(-c2cccc(N(c3ccccc3)c3ccc(N(c4ccccc4)c4ccc5oc6ccc(N(c7ccccc7)c7cccc(N(c8ccccc8)c8ccccc8)c7)cc6c5c4)cc3)c2)cc1. The van der Waals surface area contributed by atoms with Gasteiger partial charge >= 0.3 is 0 Å². The van der Waals surface area contributed by atoms with Crippen LogP contribution >= 0.6 is 0 Å². The van der Waals surface area contributed by atoms with Crippen molar-refractivity contribution in [2.24, 2.45) is 0 Å². The second-order valence-electron chi connectivity index (χ2n) is 17.4. The highest BCUT2D eigenvalue weighted by molar-refractivity contribution is 6.08. The first-order chi connectivity index (χ1) is 35.2. The highest BCUT2D eigenvalue weighted by Crippen LogP contribution is 2.45. The molecular formula is C66H48N4O. The van der Waals surface area contributed by atoms with Gasteiger partial charge in [0, 0.05) is 79.0 Å². The van der Waals surface area contributed by atoms with Crippen LogP contribution in [0.3, 0.4) is 0 Å². The zero-order valence-electron chi connectivity index (χ0n) is 38.9. The molecule has 0 saturated heterocycles. The Labute approximate surface area is 414 Å². The Morgan fingerprint density at radius 1 is 0.183 bits per heavy atom. The monoisotopic (exact) mass is 912 g/mol. The smallest absolute Gasteiger partial charge is 0.135 e. The second-order valence-corrected chi connectivity index (χ2v) is 17.4.